The van der Waals surface area contributed by atoms with E-state index < -0.39 is 0 Å². The second-order valence-corrected chi connectivity index (χ2v) is 14.7. The van der Waals surface area contributed by atoms with E-state index in [0.717, 1.165) is 53.5 Å². The Morgan fingerprint density at radius 3 is 1.52 bits per heavy atom. The van der Waals surface area contributed by atoms with Crippen LogP contribution in [-0.2, 0) is 9.47 Å². The first-order valence-corrected chi connectivity index (χ1v) is 17.4. The maximum atomic E-state index is 13.1. The molecule has 0 amide bonds. The second-order valence-electron chi connectivity index (χ2n) is 14.7. The number of carbonyl (C=O) groups is 2. The van der Waals surface area contributed by atoms with Crippen molar-refractivity contribution in [3.8, 4) is 22.3 Å². The van der Waals surface area contributed by atoms with E-state index in [9.17, 15) is 9.59 Å². The van der Waals surface area contributed by atoms with Crippen molar-refractivity contribution in [2.75, 3.05) is 0 Å². The molecule has 0 heterocycles. The van der Waals surface area contributed by atoms with Gasteiger partial charge in [0.05, 0.1) is 11.1 Å². The minimum atomic E-state index is -0.240. The highest BCUT2D eigenvalue weighted by molar-refractivity contribution is 5.91. The van der Waals surface area contributed by atoms with Crippen LogP contribution in [0.4, 0.5) is 0 Å². The lowest BCUT2D eigenvalue weighted by atomic mass is 9.75. The van der Waals surface area contributed by atoms with Crippen molar-refractivity contribution in [1.82, 2.24) is 0 Å². The van der Waals surface area contributed by atoms with Gasteiger partial charge in [0.1, 0.15) is 12.2 Å². The number of ether oxygens (including phenoxy) is 2. The Morgan fingerprint density at radius 1 is 0.652 bits per heavy atom. The standard InChI is InChI=1S/C42H52O4/c1-8-30-25-35(31-11-15-33(16-12-31)41(43)45-39-23-28(6)9-20-36(39)26(2)3)19-22-38(30)32-13-17-34(18-14-32)42(44)46-40-24-29(7)10-21-37(40)27(4)5/h8,11-19,22,25-29,36-37,39-40H,1,9-10,20-21,23-24H2,2-7H3/t28-,29-,36+,37+,39-,40-/m1/s1. The highest BCUT2D eigenvalue weighted by Gasteiger charge is 2.34. The van der Waals surface area contributed by atoms with Crippen LogP contribution in [-0.4, -0.2) is 24.1 Å². The molecule has 0 N–H and O–H groups in total. The smallest absolute Gasteiger partial charge is 0.338 e. The molecule has 0 radical (unpaired) electrons. The summed E-state index contributed by atoms with van der Waals surface area (Å²) in [6, 6.07) is 21.7. The average molecular weight is 621 g/mol. The van der Waals surface area contributed by atoms with Crippen LogP contribution in [0.3, 0.4) is 0 Å². The number of esters is 2. The van der Waals surface area contributed by atoms with Gasteiger partial charge in [0.2, 0.25) is 0 Å². The van der Waals surface area contributed by atoms with Crippen molar-refractivity contribution in [2.45, 2.75) is 92.3 Å². The Bertz CT molecular complexity index is 1500. The fourth-order valence-corrected chi connectivity index (χ4v) is 7.67. The summed E-state index contributed by atoms with van der Waals surface area (Å²) in [6.07, 6.45) is 8.34. The molecule has 3 aromatic rings. The van der Waals surface area contributed by atoms with Crippen molar-refractivity contribution in [3.05, 3.63) is 90.0 Å². The van der Waals surface area contributed by atoms with Crippen LogP contribution in [0.1, 0.15) is 106 Å². The fraction of sp³-hybridized carbons (Fsp3) is 0.476. The minimum absolute atomic E-state index is 0.0173. The summed E-state index contributed by atoms with van der Waals surface area (Å²) in [6.45, 7) is 17.5. The summed E-state index contributed by atoms with van der Waals surface area (Å²) in [5, 5.41) is 0. The van der Waals surface area contributed by atoms with Crippen molar-refractivity contribution in [1.29, 1.82) is 0 Å². The predicted molar refractivity (Wildman–Crippen MR) is 188 cm³/mol. The van der Waals surface area contributed by atoms with Crippen LogP contribution >= 0.6 is 0 Å². The molecule has 6 atom stereocenters. The summed E-state index contributed by atoms with van der Waals surface area (Å²) in [5.74, 6) is 2.52. The molecule has 0 bridgehead atoms. The zero-order valence-electron chi connectivity index (χ0n) is 28.6. The van der Waals surface area contributed by atoms with Crippen LogP contribution in [0, 0.1) is 35.5 Å². The van der Waals surface area contributed by atoms with Crippen molar-refractivity contribution in [2.24, 2.45) is 35.5 Å². The average Bonchev–Trinajstić information content (AvgIpc) is 3.04. The summed E-state index contributed by atoms with van der Waals surface area (Å²) in [5.41, 5.74) is 6.28. The van der Waals surface area contributed by atoms with Crippen molar-refractivity contribution >= 4 is 18.0 Å². The topological polar surface area (TPSA) is 52.6 Å². The molecule has 244 valence electrons. The highest BCUT2D eigenvalue weighted by atomic mass is 16.5. The van der Waals surface area contributed by atoms with Crippen LogP contribution in [0.5, 0.6) is 0 Å². The van der Waals surface area contributed by atoms with E-state index in [0.29, 0.717) is 46.6 Å². The fourth-order valence-electron chi connectivity index (χ4n) is 7.67. The largest absolute Gasteiger partial charge is 0.458 e. The van der Waals surface area contributed by atoms with Gasteiger partial charge in [-0.15, -0.1) is 0 Å². The Labute approximate surface area is 276 Å². The Balaban J connectivity index is 1.26. The van der Waals surface area contributed by atoms with E-state index in [2.05, 4.69) is 66.3 Å². The van der Waals surface area contributed by atoms with Gasteiger partial charge in [-0.05, 0) is 119 Å². The van der Waals surface area contributed by atoms with Gasteiger partial charge in [0, 0.05) is 0 Å². The van der Waals surface area contributed by atoms with Crippen LogP contribution in [0.15, 0.2) is 73.3 Å². The summed E-state index contributed by atoms with van der Waals surface area (Å²) in [4.78, 5) is 26.2. The number of hydrogen-bond acceptors (Lipinski definition) is 4. The molecule has 3 aromatic carbocycles. The van der Waals surface area contributed by atoms with Crippen LogP contribution in [0.2, 0.25) is 0 Å². The lowest BCUT2D eigenvalue weighted by Gasteiger charge is -2.36. The second kappa shape index (κ2) is 14.8. The first kappa shape index (κ1) is 33.7. The van der Waals surface area contributed by atoms with Gasteiger partial charge in [-0.2, -0.15) is 0 Å². The van der Waals surface area contributed by atoms with E-state index in [1.807, 2.05) is 54.6 Å². The summed E-state index contributed by atoms with van der Waals surface area (Å²) in [7, 11) is 0. The monoisotopic (exact) mass is 620 g/mol. The maximum absolute atomic E-state index is 13.1. The molecule has 0 spiro atoms. The highest BCUT2D eigenvalue weighted by Crippen LogP contribution is 2.37. The van der Waals surface area contributed by atoms with Gasteiger partial charge >= 0.3 is 11.9 Å². The third kappa shape index (κ3) is 7.82. The SMILES string of the molecule is C=Cc1cc(-c2ccc(C(=O)O[C@@H]3C[C@H](C)CC[C@H]3C(C)C)cc2)ccc1-c1ccc(C(=O)O[C@@H]2C[C@H](C)CC[C@H]2C(C)C)cc1. The van der Waals surface area contributed by atoms with Gasteiger partial charge in [0.15, 0.2) is 0 Å². The Hall–Kier alpha value is -3.66. The molecule has 2 aliphatic carbocycles. The predicted octanol–water partition coefficient (Wildman–Crippen LogP) is 10.9. The quantitative estimate of drug-likeness (QED) is 0.223. The normalized spacial score (nSPS) is 24.9. The van der Waals surface area contributed by atoms with Crippen LogP contribution < -0.4 is 0 Å². The van der Waals surface area contributed by atoms with E-state index in [1.54, 1.807) is 0 Å². The molecule has 2 saturated carbocycles. The lowest BCUT2D eigenvalue weighted by molar-refractivity contribution is -0.0181. The molecule has 4 heteroatoms. The first-order chi connectivity index (χ1) is 22.0. The number of carbonyl (C=O) groups excluding carboxylic acids is 2. The van der Waals surface area contributed by atoms with E-state index >= 15 is 0 Å². The number of benzene rings is 3. The third-order valence-electron chi connectivity index (χ3n) is 10.6. The zero-order chi connectivity index (χ0) is 33.0. The molecule has 4 nitrogen and oxygen atoms in total. The molecule has 2 aliphatic rings. The van der Waals surface area contributed by atoms with Gasteiger partial charge in [0.25, 0.3) is 0 Å². The Kier molecular flexibility index (Phi) is 10.9. The zero-order valence-corrected chi connectivity index (χ0v) is 28.6. The molecule has 0 saturated heterocycles. The Morgan fingerprint density at radius 2 is 1.09 bits per heavy atom. The molecular weight excluding hydrogens is 568 g/mol. The summed E-state index contributed by atoms with van der Waals surface area (Å²) >= 11 is 0. The van der Waals surface area contributed by atoms with Crippen molar-refractivity contribution < 1.29 is 19.1 Å². The molecule has 46 heavy (non-hydrogen) atoms. The van der Waals surface area contributed by atoms with Gasteiger partial charge in [-0.25, -0.2) is 9.59 Å². The maximum Gasteiger partial charge on any atom is 0.338 e. The van der Waals surface area contributed by atoms with E-state index in [4.69, 9.17) is 9.47 Å². The van der Waals surface area contributed by atoms with Gasteiger partial charge < -0.3 is 9.47 Å². The molecule has 0 aromatic heterocycles. The molecule has 0 aliphatic heterocycles. The first-order valence-electron chi connectivity index (χ1n) is 17.4. The van der Waals surface area contributed by atoms with E-state index in [1.165, 1.54) is 12.8 Å². The molecule has 0 unspecified atom stereocenters. The van der Waals surface area contributed by atoms with Gasteiger partial charge in [-0.3, -0.25) is 0 Å². The van der Waals surface area contributed by atoms with Crippen LogP contribution in [0.25, 0.3) is 28.3 Å². The van der Waals surface area contributed by atoms with Crippen molar-refractivity contribution in [3.63, 3.8) is 0 Å². The molecular formula is C42H52O4. The van der Waals surface area contributed by atoms with Gasteiger partial charge in [-0.1, -0.05) is 103 Å². The minimum Gasteiger partial charge on any atom is -0.458 e. The lowest BCUT2D eigenvalue weighted by Crippen LogP contribution is -2.35. The number of hydrogen-bond donors (Lipinski definition) is 0. The number of rotatable bonds is 9. The third-order valence-corrected chi connectivity index (χ3v) is 10.6. The molecule has 5 rings (SSSR count). The molecule has 2 fully saturated rings. The summed E-state index contributed by atoms with van der Waals surface area (Å²) < 4.78 is 12.1. The van der Waals surface area contributed by atoms with E-state index in [-0.39, 0.29) is 24.1 Å².